The molecule has 3 rings (SSSR count). The molecule has 1 heterocycles. The van der Waals surface area contributed by atoms with Crippen LogP contribution >= 0.6 is 23.2 Å². The van der Waals surface area contributed by atoms with Crippen LogP contribution in [0.5, 0.6) is 0 Å². The zero-order chi connectivity index (χ0) is 24.0. The number of nitrogens with one attached hydrogen (secondary N) is 2. The lowest BCUT2D eigenvalue weighted by Crippen LogP contribution is -2.53. The van der Waals surface area contributed by atoms with Crippen molar-refractivity contribution in [1.29, 1.82) is 0 Å². The molecule has 7 nitrogen and oxygen atoms in total. The van der Waals surface area contributed by atoms with Gasteiger partial charge in [0.2, 0.25) is 0 Å². The second-order valence-corrected chi connectivity index (χ2v) is 10.2. The Morgan fingerprint density at radius 1 is 1.03 bits per heavy atom. The minimum atomic E-state index is -4.04. The predicted octanol–water partition coefficient (Wildman–Crippen LogP) is 4.29. The van der Waals surface area contributed by atoms with Crippen LogP contribution in [-0.4, -0.2) is 26.1 Å². The Kier molecular flexibility index (Phi) is 8.69. The molecule has 2 atom stereocenters. The van der Waals surface area contributed by atoms with Crippen molar-refractivity contribution in [2.24, 2.45) is 5.73 Å². The first-order chi connectivity index (χ1) is 15.7. The Labute approximate surface area is 204 Å². The first-order valence-electron chi connectivity index (χ1n) is 10.4. The summed E-state index contributed by atoms with van der Waals surface area (Å²) in [5, 5.41) is 4.46. The van der Waals surface area contributed by atoms with Crippen molar-refractivity contribution in [3.05, 3.63) is 88.0 Å². The highest BCUT2D eigenvalue weighted by molar-refractivity contribution is 7.92. The van der Waals surface area contributed by atoms with Crippen molar-refractivity contribution in [3.63, 3.8) is 0 Å². The Balaban J connectivity index is 1.92. The van der Waals surface area contributed by atoms with Crippen LogP contribution < -0.4 is 20.9 Å². The highest BCUT2D eigenvalue weighted by Gasteiger charge is 2.30. The zero-order valence-corrected chi connectivity index (χ0v) is 20.7. The van der Waals surface area contributed by atoms with Gasteiger partial charge in [-0.05, 0) is 80.4 Å². The number of nitrogens with zero attached hydrogens (tertiary/aromatic N) is 2. The smallest absolute Gasteiger partial charge is 0.279 e. The van der Waals surface area contributed by atoms with Gasteiger partial charge in [-0.1, -0.05) is 41.4 Å². The summed E-state index contributed by atoms with van der Waals surface area (Å²) in [4.78, 5) is 4.37. The van der Waals surface area contributed by atoms with Crippen LogP contribution in [0.2, 0.25) is 10.0 Å². The summed E-state index contributed by atoms with van der Waals surface area (Å²) in [7, 11) is -4.04. The molecule has 3 aromatic rings. The third-order valence-electron chi connectivity index (χ3n) is 4.99. The molecule has 2 aromatic carbocycles. The van der Waals surface area contributed by atoms with Gasteiger partial charge in [0.25, 0.3) is 10.0 Å². The number of hydrogen-bond donors (Lipinski definition) is 3. The monoisotopic (exact) mass is 507 g/mol. The van der Waals surface area contributed by atoms with Crippen molar-refractivity contribution in [1.82, 2.24) is 15.7 Å². The van der Waals surface area contributed by atoms with Gasteiger partial charge in [0.05, 0.1) is 11.1 Å². The van der Waals surface area contributed by atoms with Crippen LogP contribution in [0, 0.1) is 0 Å². The maximum Gasteiger partial charge on any atom is 0.279 e. The molecule has 1 aromatic heterocycles. The molecule has 176 valence electrons. The molecule has 0 saturated carbocycles. The second kappa shape index (κ2) is 11.3. The van der Waals surface area contributed by atoms with Gasteiger partial charge >= 0.3 is 0 Å². The minimum Gasteiger partial charge on any atom is -0.330 e. The number of sulfonamides is 1. The lowest BCUT2D eigenvalue weighted by molar-refractivity contribution is 0.414. The fourth-order valence-electron chi connectivity index (χ4n) is 3.42. The number of rotatable bonds is 10. The van der Waals surface area contributed by atoms with E-state index >= 15 is 0 Å². The largest absolute Gasteiger partial charge is 0.330 e. The molecule has 0 saturated heterocycles. The Morgan fingerprint density at radius 3 is 2.36 bits per heavy atom. The number of hydrazine groups is 1. The van der Waals surface area contributed by atoms with E-state index < -0.39 is 16.2 Å². The van der Waals surface area contributed by atoms with E-state index in [0.29, 0.717) is 22.0 Å². The Bertz CT molecular complexity index is 1160. The number of nitrogens with two attached hydrogens (primary N) is 1. The average molecular weight is 508 g/mol. The number of hydrogen-bond acceptors (Lipinski definition) is 6. The minimum absolute atomic E-state index is 0.0682. The maximum atomic E-state index is 13.8. The summed E-state index contributed by atoms with van der Waals surface area (Å²) >= 11 is 12.1. The van der Waals surface area contributed by atoms with Gasteiger partial charge < -0.3 is 5.73 Å². The zero-order valence-electron chi connectivity index (χ0n) is 18.4. The SMILES string of the molecule is CC(NC(C)c1ccc(Cl)cc1)NN(c1ccccn1)S(=O)(=O)c1ccc(Cl)cc1CCN. The van der Waals surface area contributed by atoms with Crippen molar-refractivity contribution in [3.8, 4) is 0 Å². The van der Waals surface area contributed by atoms with E-state index in [4.69, 9.17) is 28.9 Å². The van der Waals surface area contributed by atoms with Crippen molar-refractivity contribution in [2.45, 2.75) is 37.4 Å². The van der Waals surface area contributed by atoms with Gasteiger partial charge in [-0.2, -0.15) is 12.8 Å². The predicted molar refractivity (Wildman–Crippen MR) is 134 cm³/mol. The standard InChI is InChI=1S/C23H27Cl2N5O2S/c1-16(18-6-8-20(24)9-7-18)28-17(2)29-30(23-5-3-4-14-27-23)33(31,32)22-11-10-21(25)15-19(22)12-13-26/h3-11,14-17,28-29H,12-13,26H2,1-2H3. The van der Waals surface area contributed by atoms with E-state index in [9.17, 15) is 8.42 Å². The van der Waals surface area contributed by atoms with Gasteiger partial charge in [0, 0.05) is 22.3 Å². The van der Waals surface area contributed by atoms with Crippen LogP contribution in [0.15, 0.2) is 71.8 Å². The van der Waals surface area contributed by atoms with Gasteiger partial charge in [-0.15, -0.1) is 0 Å². The lowest BCUT2D eigenvalue weighted by Gasteiger charge is -2.30. The average Bonchev–Trinajstić information content (AvgIpc) is 2.78. The molecule has 0 aliphatic rings. The molecule has 0 fully saturated rings. The van der Waals surface area contributed by atoms with Crippen molar-refractivity contribution >= 4 is 39.0 Å². The third-order valence-corrected chi connectivity index (χ3v) is 7.21. The summed E-state index contributed by atoms with van der Waals surface area (Å²) < 4.78 is 28.6. The summed E-state index contributed by atoms with van der Waals surface area (Å²) in [6.07, 6.45) is 1.47. The molecule has 2 unspecified atom stereocenters. The lowest BCUT2D eigenvalue weighted by atomic mass is 10.1. The van der Waals surface area contributed by atoms with Crippen molar-refractivity contribution < 1.29 is 8.42 Å². The molecule has 0 bridgehead atoms. The number of benzene rings is 2. The molecule has 10 heteroatoms. The summed E-state index contributed by atoms with van der Waals surface area (Å²) in [5.74, 6) is 0.235. The van der Waals surface area contributed by atoms with Crippen LogP contribution in [0.1, 0.15) is 31.0 Å². The molecule has 0 aliphatic carbocycles. The number of anilines is 1. The Morgan fingerprint density at radius 2 is 1.73 bits per heavy atom. The molecule has 0 radical (unpaired) electrons. The van der Waals surface area contributed by atoms with E-state index in [1.54, 1.807) is 30.3 Å². The van der Waals surface area contributed by atoms with E-state index in [-0.39, 0.29) is 23.3 Å². The van der Waals surface area contributed by atoms with E-state index in [0.717, 1.165) is 9.98 Å². The summed E-state index contributed by atoms with van der Waals surface area (Å²) in [6.45, 7) is 4.11. The molecule has 0 aliphatic heterocycles. The first kappa shape index (κ1) is 25.4. The van der Waals surface area contributed by atoms with Gasteiger partial charge in [-0.3, -0.25) is 5.32 Å². The van der Waals surface area contributed by atoms with Gasteiger partial charge in [-0.25, -0.2) is 10.4 Å². The number of aromatic nitrogens is 1. The normalized spacial score (nSPS) is 13.5. The highest BCUT2D eigenvalue weighted by Crippen LogP contribution is 2.26. The van der Waals surface area contributed by atoms with E-state index in [1.165, 1.54) is 12.3 Å². The fourth-order valence-corrected chi connectivity index (χ4v) is 5.32. The number of pyridine rings is 1. The highest BCUT2D eigenvalue weighted by atomic mass is 35.5. The van der Waals surface area contributed by atoms with Gasteiger partial charge in [0.15, 0.2) is 5.82 Å². The van der Waals surface area contributed by atoms with Crippen LogP contribution in [-0.2, 0) is 16.4 Å². The van der Waals surface area contributed by atoms with E-state index in [2.05, 4.69) is 15.7 Å². The second-order valence-electron chi connectivity index (χ2n) is 7.54. The molecule has 0 amide bonds. The van der Waals surface area contributed by atoms with E-state index in [1.807, 2.05) is 38.1 Å². The van der Waals surface area contributed by atoms with Gasteiger partial charge in [0.1, 0.15) is 0 Å². The quantitative estimate of drug-likeness (QED) is 0.279. The van der Waals surface area contributed by atoms with Crippen molar-refractivity contribution in [2.75, 3.05) is 11.0 Å². The van der Waals surface area contributed by atoms with Crippen LogP contribution in [0.25, 0.3) is 0 Å². The maximum absolute atomic E-state index is 13.8. The molecular weight excluding hydrogens is 481 g/mol. The summed E-state index contributed by atoms with van der Waals surface area (Å²) in [5.41, 5.74) is 10.3. The summed E-state index contributed by atoms with van der Waals surface area (Å²) in [6, 6.07) is 17.2. The molecular formula is C23H27Cl2N5O2S. The number of halogens is 2. The Hall–Kier alpha value is -2.20. The molecule has 33 heavy (non-hydrogen) atoms. The topological polar surface area (TPSA) is 100 Å². The van der Waals surface area contributed by atoms with Crippen LogP contribution in [0.4, 0.5) is 5.82 Å². The molecule has 4 N–H and O–H groups in total. The third kappa shape index (κ3) is 6.44. The van der Waals surface area contributed by atoms with Crippen LogP contribution in [0.3, 0.4) is 0 Å². The fraction of sp³-hybridized carbons (Fsp3) is 0.261. The first-order valence-corrected chi connectivity index (χ1v) is 12.6. The molecule has 0 spiro atoms.